The van der Waals surface area contributed by atoms with E-state index in [0.29, 0.717) is 12.0 Å². The Balaban J connectivity index is 2.03. The molecular formula is C19H14FNO. The van der Waals surface area contributed by atoms with Crippen molar-refractivity contribution in [2.75, 3.05) is 0 Å². The summed E-state index contributed by atoms with van der Waals surface area (Å²) in [5, 5.41) is 1.12. The molecule has 0 fully saturated rings. The minimum Gasteiger partial charge on any atom is -0.361 e. The van der Waals surface area contributed by atoms with Crippen molar-refractivity contribution in [2.45, 2.75) is 13.3 Å². The van der Waals surface area contributed by atoms with Crippen LogP contribution in [0.3, 0.4) is 0 Å². The molecule has 3 aromatic rings. The van der Waals surface area contributed by atoms with Gasteiger partial charge in [0, 0.05) is 34.7 Å². The second kappa shape index (κ2) is 4.67. The van der Waals surface area contributed by atoms with E-state index >= 15 is 0 Å². The monoisotopic (exact) mass is 291 g/mol. The number of rotatable bonds is 2. The molecule has 0 unspecified atom stereocenters. The third-order valence-corrected chi connectivity index (χ3v) is 4.36. The first-order valence-electron chi connectivity index (χ1n) is 7.23. The molecule has 0 saturated carbocycles. The van der Waals surface area contributed by atoms with Crippen LogP contribution in [0.4, 0.5) is 4.39 Å². The van der Waals surface area contributed by atoms with Crippen molar-refractivity contribution in [3.63, 3.8) is 0 Å². The summed E-state index contributed by atoms with van der Waals surface area (Å²) in [5.41, 5.74) is 6.67. The van der Waals surface area contributed by atoms with Crippen LogP contribution in [0.5, 0.6) is 0 Å². The van der Waals surface area contributed by atoms with Crippen molar-refractivity contribution >= 4 is 22.8 Å². The number of aldehydes is 1. The van der Waals surface area contributed by atoms with E-state index in [2.05, 4.69) is 18.0 Å². The number of aromatic amines is 1. The number of aryl methyl sites for hydroxylation is 1. The third kappa shape index (κ3) is 1.75. The van der Waals surface area contributed by atoms with Crippen LogP contribution in [0.25, 0.3) is 16.5 Å². The predicted octanol–water partition coefficient (Wildman–Crippen LogP) is 4.17. The topological polar surface area (TPSA) is 32.9 Å². The van der Waals surface area contributed by atoms with Crippen LogP contribution < -0.4 is 0 Å². The van der Waals surface area contributed by atoms with Gasteiger partial charge in [0.1, 0.15) is 12.1 Å². The Morgan fingerprint density at radius 2 is 2.05 bits per heavy atom. The third-order valence-electron chi connectivity index (χ3n) is 4.36. The summed E-state index contributed by atoms with van der Waals surface area (Å²) >= 11 is 0. The summed E-state index contributed by atoms with van der Waals surface area (Å²) in [6.45, 7) is 2.06. The first-order chi connectivity index (χ1) is 10.7. The number of halogens is 1. The highest BCUT2D eigenvalue weighted by Gasteiger charge is 2.25. The number of hydrogen-bond acceptors (Lipinski definition) is 1. The minimum absolute atomic E-state index is 0.264. The molecule has 4 rings (SSSR count). The number of benzene rings is 2. The first-order valence-corrected chi connectivity index (χ1v) is 7.23. The van der Waals surface area contributed by atoms with Crippen LogP contribution >= 0.6 is 0 Å². The van der Waals surface area contributed by atoms with Gasteiger partial charge in [-0.05, 0) is 47.4 Å². The zero-order valence-corrected chi connectivity index (χ0v) is 12.1. The Labute approximate surface area is 127 Å². The maximum atomic E-state index is 13.5. The maximum Gasteiger partial charge on any atom is 0.147 e. The van der Waals surface area contributed by atoms with E-state index in [9.17, 15) is 9.18 Å². The number of nitrogens with one attached hydrogen (secondary N) is 1. The zero-order chi connectivity index (χ0) is 15.3. The summed E-state index contributed by atoms with van der Waals surface area (Å²) in [4.78, 5) is 14.8. The van der Waals surface area contributed by atoms with Crippen molar-refractivity contribution in [3.05, 3.63) is 76.2 Å². The summed E-state index contributed by atoms with van der Waals surface area (Å²) in [6.07, 6.45) is 3.32. The molecule has 1 heterocycles. The Morgan fingerprint density at radius 3 is 2.86 bits per heavy atom. The van der Waals surface area contributed by atoms with Crippen molar-refractivity contribution in [2.24, 2.45) is 0 Å². The summed E-state index contributed by atoms with van der Waals surface area (Å²) in [7, 11) is 0. The molecule has 2 aromatic carbocycles. The highest BCUT2D eigenvalue weighted by Crippen LogP contribution is 2.40. The molecule has 22 heavy (non-hydrogen) atoms. The molecule has 2 nitrogen and oxygen atoms in total. The van der Waals surface area contributed by atoms with Crippen LogP contribution in [0.1, 0.15) is 22.3 Å². The largest absolute Gasteiger partial charge is 0.361 e. The number of allylic oxidation sites excluding steroid dienone is 1. The van der Waals surface area contributed by atoms with Gasteiger partial charge in [-0.3, -0.25) is 4.79 Å². The molecule has 1 aliphatic carbocycles. The lowest BCUT2D eigenvalue weighted by molar-refractivity contribution is -0.104. The Bertz CT molecular complexity index is 949. The number of aromatic nitrogens is 1. The number of fused-ring (bicyclic) bond motifs is 2. The fraction of sp³-hybridized carbons (Fsp3) is 0.105. The average molecular weight is 291 g/mol. The molecule has 3 heteroatoms. The molecule has 0 atom stereocenters. The first kappa shape index (κ1) is 13.0. The van der Waals surface area contributed by atoms with Gasteiger partial charge in [0.05, 0.1) is 0 Å². The van der Waals surface area contributed by atoms with Crippen molar-refractivity contribution < 1.29 is 9.18 Å². The van der Waals surface area contributed by atoms with E-state index in [1.165, 1.54) is 12.1 Å². The fourth-order valence-electron chi connectivity index (χ4n) is 3.40. The fourth-order valence-corrected chi connectivity index (χ4v) is 3.40. The van der Waals surface area contributed by atoms with Gasteiger partial charge in [-0.1, -0.05) is 18.2 Å². The van der Waals surface area contributed by atoms with Gasteiger partial charge in [-0.2, -0.15) is 0 Å². The van der Waals surface area contributed by atoms with Gasteiger partial charge in [-0.15, -0.1) is 0 Å². The van der Waals surface area contributed by atoms with E-state index in [0.717, 1.165) is 45.0 Å². The number of carbonyl (C=O) groups excluding carboxylic acids is 1. The van der Waals surface area contributed by atoms with E-state index < -0.39 is 0 Å². The molecule has 1 aromatic heterocycles. The number of carbonyl (C=O) groups is 1. The van der Waals surface area contributed by atoms with Gasteiger partial charge in [-0.25, -0.2) is 4.39 Å². The Hall–Kier alpha value is -2.68. The summed E-state index contributed by atoms with van der Waals surface area (Å²) < 4.78 is 13.5. The van der Waals surface area contributed by atoms with E-state index in [1.807, 2.05) is 18.3 Å². The standard InChI is InChI=1S/C19H14FNO/c1-11-3-2-4-17-18(11)16(9-21-17)19-13(10-22)7-12-8-14(20)5-6-15(12)19/h2-6,8-10,21H,7H2,1H3. The van der Waals surface area contributed by atoms with Crippen LogP contribution in [-0.2, 0) is 11.2 Å². The number of H-pyrrole nitrogens is 1. The van der Waals surface area contributed by atoms with Gasteiger partial charge in [0.2, 0.25) is 0 Å². The maximum absolute atomic E-state index is 13.5. The van der Waals surface area contributed by atoms with Crippen LogP contribution in [-0.4, -0.2) is 11.3 Å². The van der Waals surface area contributed by atoms with Crippen LogP contribution in [0.15, 0.2) is 48.2 Å². The van der Waals surface area contributed by atoms with Gasteiger partial charge >= 0.3 is 0 Å². The Morgan fingerprint density at radius 1 is 1.18 bits per heavy atom. The number of hydrogen-bond donors (Lipinski definition) is 1. The highest BCUT2D eigenvalue weighted by atomic mass is 19.1. The summed E-state index contributed by atoms with van der Waals surface area (Å²) in [5.74, 6) is -0.264. The van der Waals surface area contributed by atoms with E-state index in [1.54, 1.807) is 6.07 Å². The molecule has 108 valence electrons. The average Bonchev–Trinajstić information content (AvgIpc) is 3.08. The molecule has 0 amide bonds. The lowest BCUT2D eigenvalue weighted by Crippen LogP contribution is -1.90. The smallest absolute Gasteiger partial charge is 0.147 e. The normalized spacial score (nSPS) is 13.7. The van der Waals surface area contributed by atoms with Crippen molar-refractivity contribution in [3.8, 4) is 0 Å². The van der Waals surface area contributed by atoms with Gasteiger partial charge in [0.15, 0.2) is 0 Å². The van der Waals surface area contributed by atoms with E-state index in [4.69, 9.17) is 0 Å². The van der Waals surface area contributed by atoms with Gasteiger partial charge < -0.3 is 4.98 Å². The lowest BCUT2D eigenvalue weighted by atomic mass is 9.95. The van der Waals surface area contributed by atoms with Crippen LogP contribution in [0.2, 0.25) is 0 Å². The SMILES string of the molecule is Cc1cccc2[nH]cc(C3=C(C=O)Cc4cc(F)ccc43)c12. The predicted molar refractivity (Wildman–Crippen MR) is 85.2 cm³/mol. The molecule has 0 saturated heterocycles. The molecular weight excluding hydrogens is 277 g/mol. The quantitative estimate of drug-likeness (QED) is 0.706. The second-order valence-electron chi connectivity index (χ2n) is 5.70. The minimum atomic E-state index is -0.264. The van der Waals surface area contributed by atoms with Crippen molar-refractivity contribution in [1.29, 1.82) is 0 Å². The van der Waals surface area contributed by atoms with Crippen molar-refractivity contribution in [1.82, 2.24) is 4.98 Å². The molecule has 0 spiro atoms. The second-order valence-corrected chi connectivity index (χ2v) is 5.70. The molecule has 0 bridgehead atoms. The van der Waals surface area contributed by atoms with E-state index in [-0.39, 0.29) is 5.82 Å². The molecule has 0 radical (unpaired) electrons. The molecule has 1 aliphatic rings. The van der Waals surface area contributed by atoms with Crippen LogP contribution in [0, 0.1) is 12.7 Å². The van der Waals surface area contributed by atoms with Gasteiger partial charge in [0.25, 0.3) is 0 Å². The highest BCUT2D eigenvalue weighted by molar-refractivity contribution is 6.06. The zero-order valence-electron chi connectivity index (χ0n) is 12.1. The molecule has 0 aliphatic heterocycles. The lowest BCUT2D eigenvalue weighted by Gasteiger charge is -2.07. The summed E-state index contributed by atoms with van der Waals surface area (Å²) in [6, 6.07) is 10.8. The Kier molecular flexibility index (Phi) is 2.76. The molecule has 1 N–H and O–H groups in total.